The molecule has 27 nitrogen and oxygen atoms in total. The van der Waals surface area contributed by atoms with Crippen LogP contribution in [0.3, 0.4) is 0 Å². The van der Waals surface area contributed by atoms with Gasteiger partial charge >= 0.3 is 0 Å². The minimum absolute atomic E-state index is 0.0164. The van der Waals surface area contributed by atoms with Gasteiger partial charge in [-0.2, -0.15) is 25.3 Å². The van der Waals surface area contributed by atoms with Crippen molar-refractivity contribution in [2.24, 2.45) is 35.3 Å². The standard InChI is InChI=1S/C58H89N11O16S2/c1-8-32(6)45(68-55(80)40(26-70)66-52(77)36-12-9-11-35(36)48(73)41(28-86)62-44(72)27-85-22-21-84-20-18-61-47-46(60-7)49(74)50(47)75)57(82)65-39(25-33-14-16-34(71)17-15-33)58(83)69-19-10-13-43(69)56(81)64-38(24-31(4)5)53(78)63-37(23-30(2)3)54(79)67-42(29-87)51(59)76/h14-17,30-32,35-43,45,60-61,70-71,86-87H,8-13,18-29H2,1-7H3,(H2,59,76)(H,62,72)(H,63,78)(H,64,81)(H,65,82)(H,66,77)(H,67,79)(H,68,80)/t32-,35?,36+,37-,38-,39-,40-,41-,42-,43-,45-/m0/s1. The predicted octanol–water partition coefficient (Wildman–Crippen LogP) is -1.44. The molecule has 1 heterocycles. The van der Waals surface area contributed by atoms with Crippen molar-refractivity contribution in [3.05, 3.63) is 50.3 Å². The number of benzene rings is 1. The first kappa shape index (κ1) is 72.7. The van der Waals surface area contributed by atoms with Crippen molar-refractivity contribution >= 4 is 95.6 Å². The van der Waals surface area contributed by atoms with E-state index in [2.05, 4.69) is 73.1 Å². The highest BCUT2D eigenvalue weighted by Gasteiger charge is 2.43. The summed E-state index contributed by atoms with van der Waals surface area (Å²) in [7, 11) is 1.53. The maximum absolute atomic E-state index is 14.8. The number of nitrogens with zero attached hydrogens (tertiary/aromatic N) is 1. The van der Waals surface area contributed by atoms with Gasteiger partial charge in [0.15, 0.2) is 5.78 Å². The summed E-state index contributed by atoms with van der Waals surface area (Å²) in [6.45, 7) is 10.1. The number of Topliss-reactive ketones (excluding diaryl/α,β-unsaturated/α-hetero) is 1. The molecule has 2 aromatic rings. The van der Waals surface area contributed by atoms with Crippen molar-refractivity contribution in [1.82, 2.24) is 42.1 Å². The van der Waals surface area contributed by atoms with Crippen LogP contribution >= 0.6 is 25.3 Å². The van der Waals surface area contributed by atoms with Crippen LogP contribution in [-0.2, 0) is 63.8 Å². The van der Waals surface area contributed by atoms with E-state index in [1.807, 2.05) is 27.7 Å². The zero-order chi connectivity index (χ0) is 64.7. The number of carbonyl (C=O) groups is 10. The number of phenols is 1. The molecule has 1 aliphatic carbocycles. The Bertz CT molecular complexity index is 2760. The van der Waals surface area contributed by atoms with Gasteiger partial charge in [0.25, 0.3) is 10.9 Å². The van der Waals surface area contributed by atoms with Gasteiger partial charge in [-0.1, -0.05) is 66.5 Å². The number of hydrogen-bond acceptors (Lipinski definition) is 20. The molecule has 87 heavy (non-hydrogen) atoms. The van der Waals surface area contributed by atoms with Crippen molar-refractivity contribution < 1.29 is 67.6 Å². The number of likely N-dealkylation sites (tertiary alicyclic amines) is 1. The van der Waals surface area contributed by atoms with E-state index in [0.29, 0.717) is 24.8 Å². The summed E-state index contributed by atoms with van der Waals surface area (Å²) in [4.78, 5) is 162. The number of nitrogens with one attached hydrogen (secondary N) is 9. The Kier molecular flexibility index (Phi) is 29.9. The topological polar surface area (TPSA) is 401 Å². The number of primary amides is 1. The SMILES string of the molecule is CC[C@H](C)[C@H](NC(=O)[C@H](CO)NC(=O)[C@@H]1CCCC1C(=O)[C@H](CS)NC(=O)COCCOCCNc1c(NC)c(=O)c1=O)C(=O)N[C@@H](Cc1ccc(O)cc1)C(=O)N1CCC[C@H]1C(=O)N[C@@H](CC(C)C)C(=O)N[C@@H](CC(C)C)C(=O)N[C@@H](CS)C(N)=O. The Hall–Kier alpha value is -6.82. The van der Waals surface area contributed by atoms with Crippen molar-refractivity contribution in [3.63, 3.8) is 0 Å². The maximum Gasteiger partial charge on any atom is 0.253 e. The Morgan fingerprint density at radius 3 is 1.80 bits per heavy atom. The number of ketones is 1. The molecule has 29 heteroatoms. The molecule has 2 aromatic carbocycles. The Morgan fingerprint density at radius 1 is 0.655 bits per heavy atom. The molecule has 2 aliphatic rings. The van der Waals surface area contributed by atoms with Crippen molar-refractivity contribution in [2.75, 3.05) is 75.3 Å². The molecule has 13 N–H and O–H groups in total. The van der Waals surface area contributed by atoms with Crippen molar-refractivity contribution in [3.8, 4) is 5.75 Å². The summed E-state index contributed by atoms with van der Waals surface area (Å²) in [6, 6.07) is -3.99. The molecule has 2 fully saturated rings. The zero-order valence-electron chi connectivity index (χ0n) is 50.6. The Labute approximate surface area is 517 Å². The number of aliphatic hydroxyl groups excluding tert-OH is 1. The quantitative estimate of drug-likeness (QED) is 0.0208. The number of aliphatic hydroxyl groups is 1. The van der Waals surface area contributed by atoms with Crippen LogP contribution in [0.5, 0.6) is 5.75 Å². The van der Waals surface area contributed by atoms with Crippen molar-refractivity contribution in [1.29, 1.82) is 0 Å². The van der Waals surface area contributed by atoms with E-state index in [1.165, 1.54) is 24.1 Å². The number of nitrogens with two attached hydrogens (primary N) is 1. The van der Waals surface area contributed by atoms with Gasteiger partial charge in [-0.15, -0.1) is 0 Å². The maximum atomic E-state index is 14.8. The minimum Gasteiger partial charge on any atom is -0.508 e. The first-order chi connectivity index (χ1) is 41.3. The fourth-order valence-electron chi connectivity index (χ4n) is 10.4. The zero-order valence-corrected chi connectivity index (χ0v) is 52.4. The largest absolute Gasteiger partial charge is 0.508 e. The van der Waals surface area contributed by atoms with Gasteiger partial charge in [-0.3, -0.25) is 57.5 Å². The molecule has 11 atom stereocenters. The minimum atomic E-state index is -1.60. The molecular formula is C58H89N11O16S2. The first-order valence-electron chi connectivity index (χ1n) is 29.6. The van der Waals surface area contributed by atoms with Gasteiger partial charge < -0.3 is 78.2 Å². The fraction of sp³-hybridized carbons (Fsp3) is 0.655. The lowest BCUT2D eigenvalue weighted by Gasteiger charge is -2.32. The third kappa shape index (κ3) is 21.5. The number of carbonyl (C=O) groups excluding carboxylic acids is 10. The number of rotatable bonds is 38. The summed E-state index contributed by atoms with van der Waals surface area (Å²) in [5.41, 5.74) is 5.10. The number of phenolic OH excluding ortho intramolecular Hbond substituents is 1. The van der Waals surface area contributed by atoms with Gasteiger partial charge in [-0.25, -0.2) is 0 Å². The van der Waals surface area contributed by atoms with Crippen LogP contribution in [0.2, 0.25) is 0 Å². The van der Waals surface area contributed by atoms with Gasteiger partial charge in [0.2, 0.25) is 53.2 Å². The molecule has 1 saturated carbocycles. The van der Waals surface area contributed by atoms with Crippen LogP contribution in [0.1, 0.15) is 98.5 Å². The monoisotopic (exact) mass is 1260 g/mol. The second-order valence-corrected chi connectivity index (χ2v) is 23.6. The average molecular weight is 1260 g/mol. The van der Waals surface area contributed by atoms with Gasteiger partial charge in [0.1, 0.15) is 66.0 Å². The Morgan fingerprint density at radius 2 is 1.22 bits per heavy atom. The lowest BCUT2D eigenvalue weighted by Crippen LogP contribution is -2.61. The highest BCUT2D eigenvalue weighted by molar-refractivity contribution is 7.80. The molecular weight excluding hydrogens is 1170 g/mol. The number of ether oxygens (including phenoxy) is 2. The molecule has 1 saturated heterocycles. The summed E-state index contributed by atoms with van der Waals surface area (Å²) in [5.74, 6) is -9.95. The molecule has 0 aromatic heterocycles. The van der Waals surface area contributed by atoms with Gasteiger partial charge in [0.05, 0.1) is 32.5 Å². The van der Waals surface area contributed by atoms with E-state index < -0.39 is 149 Å². The van der Waals surface area contributed by atoms with Crippen LogP contribution < -0.4 is 64.4 Å². The molecule has 4 rings (SSSR count). The van der Waals surface area contributed by atoms with E-state index in [1.54, 1.807) is 26.0 Å². The summed E-state index contributed by atoms with van der Waals surface area (Å²) < 4.78 is 10.8. The van der Waals surface area contributed by atoms with E-state index in [4.69, 9.17) is 15.2 Å². The molecule has 484 valence electrons. The number of aromatic hydroxyl groups is 1. The normalized spacial score (nSPS) is 18.5. The smallest absolute Gasteiger partial charge is 0.253 e. The van der Waals surface area contributed by atoms with Crippen LogP contribution in [0.25, 0.3) is 0 Å². The molecule has 1 aliphatic heterocycles. The van der Waals surface area contributed by atoms with E-state index in [-0.39, 0.29) is 112 Å². The molecule has 0 spiro atoms. The van der Waals surface area contributed by atoms with E-state index in [9.17, 15) is 67.7 Å². The number of thiol groups is 2. The van der Waals surface area contributed by atoms with Crippen LogP contribution in [0.15, 0.2) is 33.9 Å². The average Bonchev–Trinajstić information content (AvgIpc) is 4.38. The van der Waals surface area contributed by atoms with Gasteiger partial charge in [0, 0.05) is 49.9 Å². The third-order valence-electron chi connectivity index (χ3n) is 15.4. The number of hydrogen-bond donors (Lipinski definition) is 14. The second-order valence-electron chi connectivity index (χ2n) is 22.9. The number of amides is 9. The fourth-order valence-corrected chi connectivity index (χ4v) is 11.0. The highest BCUT2D eigenvalue weighted by Crippen LogP contribution is 2.34. The molecule has 1 unspecified atom stereocenters. The highest BCUT2D eigenvalue weighted by atomic mass is 32.1. The molecule has 0 radical (unpaired) electrons. The third-order valence-corrected chi connectivity index (χ3v) is 16.1. The van der Waals surface area contributed by atoms with E-state index in [0.717, 1.165) is 0 Å². The van der Waals surface area contributed by atoms with Crippen LogP contribution in [0.4, 0.5) is 11.4 Å². The second kappa shape index (κ2) is 35.9. The predicted molar refractivity (Wildman–Crippen MR) is 329 cm³/mol. The molecule has 0 bridgehead atoms. The summed E-state index contributed by atoms with van der Waals surface area (Å²) in [5, 5.41) is 44.7. The van der Waals surface area contributed by atoms with Crippen LogP contribution in [0, 0.1) is 29.6 Å². The first-order valence-corrected chi connectivity index (χ1v) is 30.8. The number of anilines is 2. The molecule has 9 amide bonds. The van der Waals surface area contributed by atoms with Gasteiger partial charge in [-0.05, 0) is 74.0 Å². The van der Waals surface area contributed by atoms with E-state index >= 15 is 0 Å². The lowest BCUT2D eigenvalue weighted by molar-refractivity contribution is -0.143. The lowest BCUT2D eigenvalue weighted by atomic mass is 9.88. The summed E-state index contributed by atoms with van der Waals surface area (Å²) >= 11 is 8.38. The van der Waals surface area contributed by atoms with Crippen LogP contribution in [-0.4, -0.2) is 187 Å². The summed E-state index contributed by atoms with van der Waals surface area (Å²) in [6.07, 6.45) is 2.07. The van der Waals surface area contributed by atoms with Crippen molar-refractivity contribution in [2.45, 2.75) is 148 Å². The Balaban J connectivity index is 1.42.